The quantitative estimate of drug-likeness (QED) is 0.676. The molecule has 3 rings (SSSR count). The normalized spacial score (nSPS) is 21.2. The first-order valence-corrected chi connectivity index (χ1v) is 9.35. The van der Waals surface area contributed by atoms with E-state index < -0.39 is 0 Å². The van der Waals surface area contributed by atoms with Gasteiger partial charge in [0.1, 0.15) is 13.2 Å². The van der Waals surface area contributed by atoms with Crippen LogP contribution < -0.4 is 14.8 Å². The molecule has 2 aliphatic rings. The molecule has 0 saturated carbocycles. The highest BCUT2D eigenvalue weighted by Gasteiger charge is 2.25. The Morgan fingerprint density at radius 1 is 1.28 bits per heavy atom. The molecule has 0 amide bonds. The summed E-state index contributed by atoms with van der Waals surface area (Å²) in [5.74, 6) is 3.44. The average Bonchev–Trinajstić information content (AvgIpc) is 2.62. The summed E-state index contributed by atoms with van der Waals surface area (Å²) in [6.45, 7) is 11.1. The summed E-state index contributed by atoms with van der Waals surface area (Å²) in [5.41, 5.74) is 1.21. The van der Waals surface area contributed by atoms with Crippen LogP contribution in [-0.4, -0.2) is 50.8 Å². The molecule has 1 aromatic rings. The molecule has 5 heteroatoms. The van der Waals surface area contributed by atoms with E-state index in [9.17, 15) is 0 Å². The van der Waals surface area contributed by atoms with Gasteiger partial charge in [-0.3, -0.25) is 4.99 Å². The number of likely N-dealkylation sites (tertiary alicyclic amines) is 1. The topological polar surface area (TPSA) is 46.1 Å². The summed E-state index contributed by atoms with van der Waals surface area (Å²) in [7, 11) is 1.87. The van der Waals surface area contributed by atoms with Crippen molar-refractivity contribution in [1.29, 1.82) is 0 Å². The highest BCUT2D eigenvalue weighted by Crippen LogP contribution is 2.35. The minimum Gasteiger partial charge on any atom is -0.486 e. The Kier molecular flexibility index (Phi) is 5.40. The summed E-state index contributed by atoms with van der Waals surface area (Å²) in [6, 6.07) is 6.27. The standard InChI is InChI=1S/C20H31N3O2/c1-15-6-5-9-23(13-15)19(21-4)22-14-20(2,3)16-7-8-17-18(12-16)25-11-10-24-17/h7-8,12,15H,5-6,9-11,13-14H2,1-4H3,(H,21,22). The number of hydrogen-bond acceptors (Lipinski definition) is 3. The van der Waals surface area contributed by atoms with Gasteiger partial charge in [0.05, 0.1) is 0 Å². The van der Waals surface area contributed by atoms with Crippen molar-refractivity contribution >= 4 is 5.96 Å². The van der Waals surface area contributed by atoms with Crippen LogP contribution in [0.4, 0.5) is 0 Å². The zero-order chi connectivity index (χ0) is 17.9. The van der Waals surface area contributed by atoms with Crippen molar-refractivity contribution in [2.24, 2.45) is 10.9 Å². The van der Waals surface area contributed by atoms with Gasteiger partial charge in [-0.1, -0.05) is 26.8 Å². The van der Waals surface area contributed by atoms with Crippen molar-refractivity contribution in [3.05, 3.63) is 23.8 Å². The van der Waals surface area contributed by atoms with E-state index in [0.29, 0.717) is 13.2 Å². The van der Waals surface area contributed by atoms with E-state index in [1.54, 1.807) is 0 Å². The summed E-state index contributed by atoms with van der Waals surface area (Å²) in [4.78, 5) is 6.88. The third-order valence-corrected chi connectivity index (χ3v) is 5.18. The van der Waals surface area contributed by atoms with Gasteiger partial charge in [0, 0.05) is 32.1 Å². The first-order chi connectivity index (χ1) is 12.0. The van der Waals surface area contributed by atoms with Crippen molar-refractivity contribution in [1.82, 2.24) is 10.2 Å². The van der Waals surface area contributed by atoms with Crippen LogP contribution in [0.1, 0.15) is 39.2 Å². The maximum atomic E-state index is 5.74. The van der Waals surface area contributed by atoms with E-state index in [-0.39, 0.29) is 5.41 Å². The lowest BCUT2D eigenvalue weighted by Crippen LogP contribution is -2.49. The van der Waals surface area contributed by atoms with Gasteiger partial charge >= 0.3 is 0 Å². The number of rotatable bonds is 3. The molecule has 0 spiro atoms. The fourth-order valence-electron chi connectivity index (χ4n) is 3.58. The monoisotopic (exact) mass is 345 g/mol. The molecule has 1 N–H and O–H groups in total. The zero-order valence-electron chi connectivity index (χ0n) is 16.0. The minimum absolute atomic E-state index is 0.0345. The Labute approximate surface area is 151 Å². The summed E-state index contributed by atoms with van der Waals surface area (Å²) in [6.07, 6.45) is 2.56. The van der Waals surface area contributed by atoms with Crippen molar-refractivity contribution in [2.45, 2.75) is 39.0 Å². The van der Waals surface area contributed by atoms with Gasteiger partial charge in [0.25, 0.3) is 0 Å². The molecule has 1 unspecified atom stereocenters. The van der Waals surface area contributed by atoms with Gasteiger partial charge in [-0.25, -0.2) is 0 Å². The summed E-state index contributed by atoms with van der Waals surface area (Å²) in [5, 5.41) is 3.58. The Bertz CT molecular complexity index is 627. The van der Waals surface area contributed by atoms with Crippen LogP contribution in [-0.2, 0) is 5.41 Å². The fourth-order valence-corrected chi connectivity index (χ4v) is 3.58. The number of benzene rings is 1. The van der Waals surface area contributed by atoms with Crippen molar-refractivity contribution in [2.75, 3.05) is 39.9 Å². The molecule has 25 heavy (non-hydrogen) atoms. The molecular weight excluding hydrogens is 314 g/mol. The molecule has 0 radical (unpaired) electrons. The van der Waals surface area contributed by atoms with Crippen molar-refractivity contribution in [3.63, 3.8) is 0 Å². The van der Waals surface area contributed by atoms with E-state index in [2.05, 4.69) is 48.1 Å². The Morgan fingerprint density at radius 2 is 2.04 bits per heavy atom. The van der Waals surface area contributed by atoms with Crippen LogP contribution in [0.25, 0.3) is 0 Å². The Balaban J connectivity index is 1.66. The lowest BCUT2D eigenvalue weighted by molar-refractivity contribution is 0.171. The van der Waals surface area contributed by atoms with E-state index >= 15 is 0 Å². The summed E-state index contributed by atoms with van der Waals surface area (Å²) >= 11 is 0. The smallest absolute Gasteiger partial charge is 0.193 e. The number of ether oxygens (including phenoxy) is 2. The number of piperidine rings is 1. The predicted octanol–water partition coefficient (Wildman–Crippen LogP) is 3.04. The minimum atomic E-state index is -0.0345. The number of fused-ring (bicyclic) bond motifs is 1. The Hall–Kier alpha value is -1.91. The molecule has 1 saturated heterocycles. The van der Waals surface area contributed by atoms with Crippen LogP contribution in [0, 0.1) is 5.92 Å². The number of nitrogens with one attached hydrogen (secondary N) is 1. The highest BCUT2D eigenvalue weighted by atomic mass is 16.6. The lowest BCUT2D eigenvalue weighted by atomic mass is 9.84. The first kappa shape index (κ1) is 17.9. The molecule has 2 aliphatic heterocycles. The van der Waals surface area contributed by atoms with E-state index in [1.165, 1.54) is 18.4 Å². The predicted molar refractivity (Wildman–Crippen MR) is 102 cm³/mol. The maximum absolute atomic E-state index is 5.74. The fraction of sp³-hybridized carbons (Fsp3) is 0.650. The molecule has 2 heterocycles. The van der Waals surface area contributed by atoms with E-state index in [0.717, 1.165) is 43.0 Å². The number of guanidine groups is 1. The average molecular weight is 345 g/mol. The van der Waals surface area contributed by atoms with Crippen molar-refractivity contribution in [3.8, 4) is 11.5 Å². The van der Waals surface area contributed by atoms with E-state index in [1.807, 2.05) is 13.1 Å². The second-order valence-corrected chi connectivity index (χ2v) is 7.84. The Morgan fingerprint density at radius 3 is 2.76 bits per heavy atom. The summed E-state index contributed by atoms with van der Waals surface area (Å²) < 4.78 is 11.4. The zero-order valence-corrected chi connectivity index (χ0v) is 16.0. The second-order valence-electron chi connectivity index (χ2n) is 7.84. The van der Waals surface area contributed by atoms with Gasteiger partial charge < -0.3 is 19.7 Å². The van der Waals surface area contributed by atoms with Gasteiger partial charge in [0.15, 0.2) is 17.5 Å². The molecule has 1 fully saturated rings. The molecule has 1 atom stereocenters. The van der Waals surface area contributed by atoms with Crippen LogP contribution in [0.2, 0.25) is 0 Å². The van der Waals surface area contributed by atoms with E-state index in [4.69, 9.17) is 9.47 Å². The van der Waals surface area contributed by atoms with Gasteiger partial charge in [0.2, 0.25) is 0 Å². The third kappa shape index (κ3) is 4.20. The first-order valence-electron chi connectivity index (χ1n) is 9.35. The second kappa shape index (κ2) is 7.54. The molecule has 0 aromatic heterocycles. The largest absolute Gasteiger partial charge is 0.486 e. The van der Waals surface area contributed by atoms with Crippen molar-refractivity contribution < 1.29 is 9.47 Å². The SMILES string of the molecule is CN=C(NCC(C)(C)c1ccc2c(c1)OCCO2)N1CCCC(C)C1. The van der Waals surface area contributed by atoms with Crippen LogP contribution >= 0.6 is 0 Å². The molecule has 0 bridgehead atoms. The molecule has 5 nitrogen and oxygen atoms in total. The molecular formula is C20H31N3O2. The molecule has 1 aromatic carbocycles. The lowest BCUT2D eigenvalue weighted by Gasteiger charge is -2.35. The van der Waals surface area contributed by atoms with Gasteiger partial charge in [-0.15, -0.1) is 0 Å². The maximum Gasteiger partial charge on any atom is 0.193 e. The number of hydrogen-bond donors (Lipinski definition) is 1. The molecule has 138 valence electrons. The van der Waals surface area contributed by atoms with Crippen LogP contribution in [0.5, 0.6) is 11.5 Å². The number of aliphatic imine (C=N–C) groups is 1. The van der Waals surface area contributed by atoms with Crippen LogP contribution in [0.15, 0.2) is 23.2 Å². The number of nitrogens with zero attached hydrogens (tertiary/aromatic N) is 2. The van der Waals surface area contributed by atoms with Crippen LogP contribution in [0.3, 0.4) is 0 Å². The van der Waals surface area contributed by atoms with Gasteiger partial charge in [-0.05, 0) is 36.5 Å². The van der Waals surface area contributed by atoms with Gasteiger partial charge in [-0.2, -0.15) is 0 Å². The highest BCUT2D eigenvalue weighted by molar-refractivity contribution is 5.80. The third-order valence-electron chi connectivity index (χ3n) is 5.18. The molecule has 0 aliphatic carbocycles.